The van der Waals surface area contributed by atoms with Crippen molar-refractivity contribution in [2.24, 2.45) is 5.92 Å². The van der Waals surface area contributed by atoms with Crippen LogP contribution < -0.4 is 10.1 Å². The van der Waals surface area contributed by atoms with Crippen LogP contribution in [0.15, 0.2) is 24.4 Å². The molecule has 0 spiro atoms. The Balaban J connectivity index is 1.17. The smallest absolute Gasteiger partial charge is 0.325 e. The van der Waals surface area contributed by atoms with E-state index in [4.69, 9.17) is 4.74 Å². The van der Waals surface area contributed by atoms with E-state index in [1.54, 1.807) is 0 Å². The van der Waals surface area contributed by atoms with Crippen LogP contribution >= 0.6 is 0 Å². The maximum absolute atomic E-state index is 15.1. The van der Waals surface area contributed by atoms with E-state index in [9.17, 15) is 14.3 Å². The molecule has 2 unspecified atom stereocenters. The molecule has 0 amide bonds. The lowest BCUT2D eigenvalue weighted by Crippen LogP contribution is -2.36. The Morgan fingerprint density at radius 2 is 2.11 bits per heavy atom. The SMILES string of the molecule is O=C(O)C(c1cc(F)cnc1OC1CC1)N1CCC(C(F)(F)CCCCc2ccc3c(n2)NCCC3)C1. The van der Waals surface area contributed by atoms with Crippen molar-refractivity contribution in [3.05, 3.63) is 47.0 Å². The van der Waals surface area contributed by atoms with Crippen molar-refractivity contribution in [2.45, 2.75) is 75.9 Å². The van der Waals surface area contributed by atoms with Crippen LogP contribution in [0.1, 0.15) is 67.8 Å². The molecule has 1 saturated carbocycles. The van der Waals surface area contributed by atoms with Crippen molar-refractivity contribution < 1.29 is 27.8 Å². The number of carbonyl (C=O) groups is 1. The molecule has 0 radical (unpaired) electrons. The summed E-state index contributed by atoms with van der Waals surface area (Å²) < 4.78 is 50.0. The fourth-order valence-electron chi connectivity index (χ4n) is 5.31. The molecule has 5 rings (SSSR count). The van der Waals surface area contributed by atoms with Gasteiger partial charge in [-0.15, -0.1) is 0 Å². The molecule has 3 aliphatic rings. The minimum atomic E-state index is -2.92. The first-order chi connectivity index (χ1) is 17.8. The number of nitrogens with zero attached hydrogens (tertiary/aromatic N) is 3. The summed E-state index contributed by atoms with van der Waals surface area (Å²) in [4.78, 5) is 22.3. The zero-order chi connectivity index (χ0) is 26.0. The first-order valence-electron chi connectivity index (χ1n) is 13.2. The van der Waals surface area contributed by atoms with Crippen LogP contribution in [0.5, 0.6) is 5.88 Å². The van der Waals surface area contributed by atoms with Gasteiger partial charge in [-0.05, 0) is 75.6 Å². The summed E-state index contributed by atoms with van der Waals surface area (Å²) in [6.07, 6.45) is 6.18. The molecule has 7 nitrogen and oxygen atoms in total. The summed E-state index contributed by atoms with van der Waals surface area (Å²) in [6, 6.07) is 3.85. The van der Waals surface area contributed by atoms with Crippen molar-refractivity contribution in [1.29, 1.82) is 0 Å². The van der Waals surface area contributed by atoms with Crippen molar-refractivity contribution in [1.82, 2.24) is 14.9 Å². The summed E-state index contributed by atoms with van der Waals surface area (Å²) in [5, 5.41) is 13.2. The monoisotopic (exact) mass is 518 g/mol. The Morgan fingerprint density at radius 1 is 1.27 bits per heavy atom. The molecule has 1 saturated heterocycles. The number of carboxylic acids is 1. The summed E-state index contributed by atoms with van der Waals surface area (Å²) >= 11 is 0. The highest BCUT2D eigenvalue weighted by Gasteiger charge is 2.46. The van der Waals surface area contributed by atoms with Gasteiger partial charge in [0.25, 0.3) is 5.92 Å². The number of carboxylic acid groups (broad SMARTS) is 1. The minimum Gasteiger partial charge on any atom is -0.480 e. The average Bonchev–Trinajstić information content (AvgIpc) is 3.56. The Morgan fingerprint density at radius 3 is 2.89 bits per heavy atom. The number of nitrogens with one attached hydrogen (secondary N) is 1. The van der Waals surface area contributed by atoms with Gasteiger partial charge in [-0.2, -0.15) is 0 Å². The minimum absolute atomic E-state index is 0.0606. The number of pyridine rings is 2. The number of rotatable bonds is 11. The third-order valence-electron chi connectivity index (χ3n) is 7.50. The van der Waals surface area contributed by atoms with Crippen LogP contribution in [0.2, 0.25) is 0 Å². The Labute approximate surface area is 214 Å². The van der Waals surface area contributed by atoms with Crippen LogP contribution in [0, 0.1) is 11.7 Å². The zero-order valence-corrected chi connectivity index (χ0v) is 20.8. The third-order valence-corrected chi connectivity index (χ3v) is 7.50. The molecular weight excluding hydrogens is 485 g/mol. The standard InChI is InChI=1S/C27H33F3N4O3/c28-19-14-22(25(32-15-19)37-21-8-9-21)23(26(35)36)34-13-10-18(16-34)27(29,30)11-2-1-5-20-7-6-17-4-3-12-31-24(17)33-20/h6-7,14-15,18,21,23H,1-5,8-13,16H2,(H,31,33)(H,35,36). The Kier molecular flexibility index (Phi) is 7.55. The van der Waals surface area contributed by atoms with Gasteiger partial charge >= 0.3 is 5.97 Å². The van der Waals surface area contributed by atoms with Crippen molar-refractivity contribution >= 4 is 11.8 Å². The molecule has 2 aromatic rings. The molecule has 0 bridgehead atoms. The van der Waals surface area contributed by atoms with Crippen LogP contribution in [0.25, 0.3) is 0 Å². The Bertz CT molecular complexity index is 1130. The number of aliphatic carboxylic acids is 1. The number of likely N-dealkylation sites (tertiary alicyclic amines) is 1. The lowest BCUT2D eigenvalue weighted by molar-refractivity contribution is -0.143. The van der Waals surface area contributed by atoms with Gasteiger partial charge in [-0.1, -0.05) is 6.07 Å². The number of aromatic nitrogens is 2. The fraction of sp³-hybridized carbons (Fsp3) is 0.593. The predicted molar refractivity (Wildman–Crippen MR) is 131 cm³/mol. The number of anilines is 1. The number of hydrogen-bond acceptors (Lipinski definition) is 6. The van der Waals surface area contributed by atoms with Crippen LogP contribution in [-0.4, -0.2) is 57.6 Å². The fourth-order valence-corrected chi connectivity index (χ4v) is 5.31. The zero-order valence-electron chi connectivity index (χ0n) is 20.8. The number of halogens is 3. The van der Waals surface area contributed by atoms with E-state index in [0.717, 1.165) is 56.0 Å². The van der Waals surface area contributed by atoms with E-state index in [0.29, 0.717) is 19.3 Å². The molecule has 4 heterocycles. The van der Waals surface area contributed by atoms with Gasteiger partial charge in [0.1, 0.15) is 23.8 Å². The maximum atomic E-state index is 15.1. The van der Waals surface area contributed by atoms with E-state index in [2.05, 4.69) is 21.4 Å². The maximum Gasteiger partial charge on any atom is 0.325 e. The third kappa shape index (κ3) is 6.17. The lowest BCUT2D eigenvalue weighted by Gasteiger charge is -2.27. The molecule has 10 heteroatoms. The van der Waals surface area contributed by atoms with Gasteiger partial charge in [-0.25, -0.2) is 23.1 Å². The predicted octanol–water partition coefficient (Wildman–Crippen LogP) is 5.01. The van der Waals surface area contributed by atoms with Gasteiger partial charge in [0, 0.05) is 36.7 Å². The molecule has 2 atom stereocenters. The molecule has 2 aromatic heterocycles. The summed E-state index contributed by atoms with van der Waals surface area (Å²) in [5.74, 6) is -4.82. The number of unbranched alkanes of at least 4 members (excludes halogenated alkanes) is 1. The molecule has 2 fully saturated rings. The lowest BCUT2D eigenvalue weighted by atomic mass is 9.95. The van der Waals surface area contributed by atoms with Crippen molar-refractivity contribution in [3.63, 3.8) is 0 Å². The number of aryl methyl sites for hydroxylation is 2. The number of fused-ring (bicyclic) bond motifs is 1. The topological polar surface area (TPSA) is 87.6 Å². The number of hydrogen-bond donors (Lipinski definition) is 2. The highest BCUT2D eigenvalue weighted by molar-refractivity contribution is 5.76. The van der Waals surface area contributed by atoms with Crippen LogP contribution in [-0.2, 0) is 17.6 Å². The molecule has 1 aliphatic carbocycles. The average molecular weight is 519 g/mol. The molecule has 0 aromatic carbocycles. The number of ether oxygens (including phenoxy) is 1. The van der Waals surface area contributed by atoms with E-state index >= 15 is 8.78 Å². The van der Waals surface area contributed by atoms with Crippen molar-refractivity contribution in [3.8, 4) is 5.88 Å². The molecular formula is C27H33F3N4O3. The van der Waals surface area contributed by atoms with Gasteiger partial charge < -0.3 is 15.2 Å². The van der Waals surface area contributed by atoms with E-state index in [1.807, 2.05) is 6.07 Å². The molecule has 2 N–H and O–H groups in total. The van der Waals surface area contributed by atoms with Gasteiger partial charge in [-0.3, -0.25) is 9.69 Å². The normalized spacial score (nSPS) is 20.8. The van der Waals surface area contributed by atoms with Crippen molar-refractivity contribution in [2.75, 3.05) is 25.0 Å². The first kappa shape index (κ1) is 25.8. The summed E-state index contributed by atoms with van der Waals surface area (Å²) in [7, 11) is 0. The summed E-state index contributed by atoms with van der Waals surface area (Å²) in [6.45, 7) is 1.01. The largest absolute Gasteiger partial charge is 0.480 e. The number of alkyl halides is 2. The highest BCUT2D eigenvalue weighted by Crippen LogP contribution is 2.41. The van der Waals surface area contributed by atoms with Gasteiger partial charge in [0.2, 0.25) is 5.88 Å². The quantitative estimate of drug-likeness (QED) is 0.404. The Hall–Kier alpha value is -2.88. The van der Waals surface area contributed by atoms with E-state index in [-0.39, 0.29) is 43.5 Å². The summed E-state index contributed by atoms with van der Waals surface area (Å²) in [5.41, 5.74) is 2.18. The van der Waals surface area contributed by atoms with Crippen LogP contribution in [0.3, 0.4) is 0 Å². The van der Waals surface area contributed by atoms with E-state index < -0.39 is 29.7 Å². The second-order valence-corrected chi connectivity index (χ2v) is 10.4. The highest BCUT2D eigenvalue weighted by atomic mass is 19.3. The molecule has 37 heavy (non-hydrogen) atoms. The van der Waals surface area contributed by atoms with Gasteiger partial charge in [0.05, 0.1) is 6.20 Å². The second-order valence-electron chi connectivity index (χ2n) is 10.4. The molecule has 2 aliphatic heterocycles. The van der Waals surface area contributed by atoms with E-state index in [1.165, 1.54) is 10.5 Å². The first-order valence-corrected chi connectivity index (χ1v) is 13.2. The second kappa shape index (κ2) is 10.8. The van der Waals surface area contributed by atoms with Gasteiger partial charge in [0.15, 0.2) is 0 Å². The molecule has 200 valence electrons. The van der Waals surface area contributed by atoms with Crippen LogP contribution in [0.4, 0.5) is 19.0 Å².